The molecule has 1 saturated carbocycles. The molecule has 1 aromatic rings. The van der Waals surface area contributed by atoms with Gasteiger partial charge in [-0.3, -0.25) is 24.6 Å². The van der Waals surface area contributed by atoms with Crippen molar-refractivity contribution in [3.63, 3.8) is 0 Å². The number of nitrogens with two attached hydrogens (primary N) is 1. The van der Waals surface area contributed by atoms with E-state index in [1.54, 1.807) is 4.90 Å². The fourth-order valence-electron chi connectivity index (χ4n) is 5.10. The first-order chi connectivity index (χ1) is 13.0. The molecule has 1 aliphatic carbocycles. The maximum Gasteiger partial charge on any atom is 0.255 e. The largest absolute Gasteiger partial charge is 0.330 e. The molecule has 0 aromatic heterocycles. The Labute approximate surface area is 157 Å². The van der Waals surface area contributed by atoms with E-state index in [0.717, 1.165) is 43.2 Å². The lowest BCUT2D eigenvalue weighted by atomic mass is 10.0. The van der Waals surface area contributed by atoms with Gasteiger partial charge < -0.3 is 10.6 Å². The number of fused-ring (bicyclic) bond motifs is 2. The Morgan fingerprint density at radius 2 is 2.11 bits per heavy atom. The molecular weight excluding hydrogens is 344 g/mol. The first-order valence-electron chi connectivity index (χ1n) is 9.68. The lowest BCUT2D eigenvalue weighted by Crippen LogP contribution is -2.52. The van der Waals surface area contributed by atoms with E-state index < -0.39 is 6.04 Å². The summed E-state index contributed by atoms with van der Waals surface area (Å²) >= 11 is 0. The standard InChI is InChI=1S/C20H24N4O3/c21-10-20-6-14(20)9-23(11-20)7-12-1-2-13-8-24(19(27)15(13)5-12)16-3-4-17(25)22-18(16)26/h1-2,5,14,16H,3-4,6-11,21H2,(H,22,25,26)/t14-,16?,20-/m1/s1. The average molecular weight is 368 g/mol. The van der Waals surface area contributed by atoms with Crippen molar-refractivity contribution < 1.29 is 14.4 Å². The van der Waals surface area contributed by atoms with E-state index in [1.165, 1.54) is 6.42 Å². The highest BCUT2D eigenvalue weighted by Crippen LogP contribution is 2.57. The van der Waals surface area contributed by atoms with Gasteiger partial charge in [0.15, 0.2) is 0 Å². The van der Waals surface area contributed by atoms with Gasteiger partial charge in [0, 0.05) is 38.2 Å². The summed E-state index contributed by atoms with van der Waals surface area (Å²) in [5.74, 6) is 0.00300. The summed E-state index contributed by atoms with van der Waals surface area (Å²) in [6, 6.07) is 5.51. The van der Waals surface area contributed by atoms with Crippen LogP contribution in [0.4, 0.5) is 0 Å². The molecule has 3 atom stereocenters. The zero-order chi connectivity index (χ0) is 18.8. The minimum atomic E-state index is -0.554. The second-order valence-electron chi connectivity index (χ2n) is 8.53. The van der Waals surface area contributed by atoms with Crippen LogP contribution < -0.4 is 11.1 Å². The molecule has 4 aliphatic rings. The van der Waals surface area contributed by atoms with Crippen molar-refractivity contribution >= 4 is 17.7 Å². The van der Waals surface area contributed by atoms with Gasteiger partial charge in [0.05, 0.1) is 0 Å². The topological polar surface area (TPSA) is 95.7 Å². The molecule has 7 nitrogen and oxygen atoms in total. The smallest absolute Gasteiger partial charge is 0.255 e. The van der Waals surface area contributed by atoms with E-state index in [9.17, 15) is 14.4 Å². The minimum absolute atomic E-state index is 0.107. The van der Waals surface area contributed by atoms with Crippen LogP contribution in [-0.2, 0) is 22.7 Å². The van der Waals surface area contributed by atoms with Gasteiger partial charge in [0.25, 0.3) is 5.91 Å². The van der Waals surface area contributed by atoms with Gasteiger partial charge in [-0.15, -0.1) is 0 Å². The van der Waals surface area contributed by atoms with E-state index in [1.807, 2.05) is 12.1 Å². The van der Waals surface area contributed by atoms with Crippen molar-refractivity contribution in [3.8, 4) is 0 Å². The zero-order valence-corrected chi connectivity index (χ0v) is 15.2. The Morgan fingerprint density at radius 3 is 2.85 bits per heavy atom. The predicted octanol–water partition coefficient (Wildman–Crippen LogP) is 0.228. The Balaban J connectivity index is 1.30. The number of hydrogen-bond donors (Lipinski definition) is 2. The number of benzene rings is 1. The summed E-state index contributed by atoms with van der Waals surface area (Å²) in [6.07, 6.45) is 1.93. The molecular formula is C20H24N4O3. The SMILES string of the molecule is NC[C@@]12C[C@@H]1CN(Cc1ccc3c(c1)C(=O)N(C1CCC(=O)NC1=O)C3)C2. The molecule has 27 heavy (non-hydrogen) atoms. The molecule has 0 bridgehead atoms. The second kappa shape index (κ2) is 5.87. The summed E-state index contributed by atoms with van der Waals surface area (Å²) in [4.78, 5) is 40.4. The molecule has 0 radical (unpaired) electrons. The third-order valence-corrected chi connectivity index (χ3v) is 6.78. The van der Waals surface area contributed by atoms with Crippen molar-refractivity contribution in [1.29, 1.82) is 0 Å². The predicted molar refractivity (Wildman–Crippen MR) is 97.4 cm³/mol. The summed E-state index contributed by atoms with van der Waals surface area (Å²) in [5.41, 5.74) is 9.05. The third-order valence-electron chi connectivity index (χ3n) is 6.78. The van der Waals surface area contributed by atoms with Crippen molar-refractivity contribution in [2.75, 3.05) is 19.6 Å². The van der Waals surface area contributed by atoms with Gasteiger partial charge in [-0.05, 0) is 47.9 Å². The highest BCUT2D eigenvalue weighted by molar-refractivity contribution is 6.05. The number of nitrogens with one attached hydrogen (secondary N) is 1. The number of piperidine rings is 2. The van der Waals surface area contributed by atoms with Crippen molar-refractivity contribution in [2.24, 2.45) is 17.1 Å². The molecule has 1 aromatic carbocycles. The number of likely N-dealkylation sites (tertiary alicyclic amines) is 1. The summed E-state index contributed by atoms with van der Waals surface area (Å²) in [7, 11) is 0. The normalized spacial score (nSPS) is 32.5. The number of hydrogen-bond acceptors (Lipinski definition) is 5. The Hall–Kier alpha value is -2.25. The first kappa shape index (κ1) is 16.9. The summed E-state index contributed by atoms with van der Waals surface area (Å²) in [6.45, 7) is 4.16. The zero-order valence-electron chi connectivity index (χ0n) is 15.2. The van der Waals surface area contributed by atoms with E-state index >= 15 is 0 Å². The van der Waals surface area contributed by atoms with Gasteiger partial charge in [-0.1, -0.05) is 12.1 Å². The van der Waals surface area contributed by atoms with E-state index in [0.29, 0.717) is 23.9 Å². The number of imide groups is 1. The summed E-state index contributed by atoms with van der Waals surface area (Å²) in [5, 5.41) is 2.34. The van der Waals surface area contributed by atoms with Crippen LogP contribution in [0.25, 0.3) is 0 Å². The first-order valence-corrected chi connectivity index (χ1v) is 9.68. The molecule has 3 fully saturated rings. The van der Waals surface area contributed by atoms with Crippen LogP contribution in [0, 0.1) is 11.3 Å². The van der Waals surface area contributed by atoms with Gasteiger partial charge in [-0.25, -0.2) is 0 Å². The molecule has 1 unspecified atom stereocenters. The highest BCUT2D eigenvalue weighted by atomic mass is 16.2. The fraction of sp³-hybridized carbons (Fsp3) is 0.550. The molecule has 0 spiro atoms. The maximum atomic E-state index is 12.9. The molecule has 2 saturated heterocycles. The van der Waals surface area contributed by atoms with Gasteiger partial charge >= 0.3 is 0 Å². The molecule has 3 N–H and O–H groups in total. The van der Waals surface area contributed by atoms with Crippen LogP contribution in [0.3, 0.4) is 0 Å². The Bertz CT molecular complexity index is 850. The Morgan fingerprint density at radius 1 is 1.26 bits per heavy atom. The lowest BCUT2D eigenvalue weighted by Gasteiger charge is -2.29. The fourth-order valence-corrected chi connectivity index (χ4v) is 5.10. The van der Waals surface area contributed by atoms with Crippen LogP contribution in [0.5, 0.6) is 0 Å². The van der Waals surface area contributed by atoms with Crippen LogP contribution in [-0.4, -0.2) is 53.2 Å². The van der Waals surface area contributed by atoms with Crippen LogP contribution in [0.2, 0.25) is 0 Å². The highest BCUT2D eigenvalue weighted by Gasteiger charge is 2.58. The van der Waals surface area contributed by atoms with E-state index in [2.05, 4.69) is 16.3 Å². The lowest BCUT2D eigenvalue weighted by molar-refractivity contribution is -0.136. The van der Waals surface area contributed by atoms with Crippen molar-refractivity contribution in [3.05, 3.63) is 34.9 Å². The van der Waals surface area contributed by atoms with Crippen molar-refractivity contribution in [2.45, 2.75) is 38.4 Å². The van der Waals surface area contributed by atoms with Crippen molar-refractivity contribution in [1.82, 2.24) is 15.1 Å². The molecule has 7 heteroatoms. The number of amides is 3. The molecule has 3 heterocycles. The third kappa shape index (κ3) is 2.68. The monoisotopic (exact) mass is 368 g/mol. The van der Waals surface area contributed by atoms with Gasteiger partial charge in [-0.2, -0.15) is 0 Å². The molecule has 142 valence electrons. The number of rotatable bonds is 4. The number of nitrogens with zero attached hydrogens (tertiary/aromatic N) is 2. The summed E-state index contributed by atoms with van der Waals surface area (Å²) < 4.78 is 0. The molecule has 3 aliphatic heterocycles. The van der Waals surface area contributed by atoms with Gasteiger partial charge in [0.1, 0.15) is 6.04 Å². The maximum absolute atomic E-state index is 12.9. The van der Waals surface area contributed by atoms with Crippen LogP contribution in [0.1, 0.15) is 40.7 Å². The van der Waals surface area contributed by atoms with Crippen LogP contribution in [0.15, 0.2) is 18.2 Å². The number of carbonyl (C=O) groups excluding carboxylic acids is 3. The van der Waals surface area contributed by atoms with E-state index in [-0.39, 0.29) is 24.1 Å². The average Bonchev–Trinajstić information content (AvgIpc) is 3.06. The van der Waals surface area contributed by atoms with E-state index in [4.69, 9.17) is 5.73 Å². The number of carbonyl (C=O) groups is 3. The molecule has 5 rings (SSSR count). The Kier molecular flexibility index (Phi) is 3.67. The van der Waals surface area contributed by atoms with Gasteiger partial charge in [0.2, 0.25) is 11.8 Å². The molecule has 3 amide bonds. The van der Waals surface area contributed by atoms with Crippen LogP contribution >= 0.6 is 0 Å². The quantitative estimate of drug-likeness (QED) is 0.742. The minimum Gasteiger partial charge on any atom is -0.330 e. The second-order valence-corrected chi connectivity index (χ2v) is 8.53.